The Morgan fingerprint density at radius 2 is 1.50 bits per heavy atom. The van der Waals surface area contributed by atoms with Gasteiger partial charge in [0.2, 0.25) is 0 Å². The fourth-order valence-electron chi connectivity index (χ4n) is 3.21. The van der Waals surface area contributed by atoms with E-state index >= 15 is 0 Å². The third-order valence-corrected chi connectivity index (χ3v) is 6.14. The number of para-hydroxylation sites is 1. The molecule has 7 heteroatoms. The van der Waals surface area contributed by atoms with E-state index in [2.05, 4.69) is 18.6 Å². The Bertz CT molecular complexity index is 1140. The molecule has 0 aromatic heterocycles. The van der Waals surface area contributed by atoms with E-state index in [1.165, 1.54) is 12.1 Å². The van der Waals surface area contributed by atoms with Crippen LogP contribution in [0.3, 0.4) is 0 Å². The van der Waals surface area contributed by atoms with Crippen LogP contribution in [-0.2, 0) is 10.0 Å². The summed E-state index contributed by atoms with van der Waals surface area (Å²) in [5, 5.41) is 0. The van der Waals surface area contributed by atoms with E-state index in [9.17, 15) is 12.8 Å². The van der Waals surface area contributed by atoms with Crippen molar-refractivity contribution in [2.45, 2.75) is 24.7 Å². The summed E-state index contributed by atoms with van der Waals surface area (Å²) in [5.41, 5.74) is 2.76. The number of ether oxygens (including phenoxy) is 2. The topological polar surface area (TPSA) is 64.6 Å². The smallest absolute Gasteiger partial charge is 0.261 e. The molecule has 0 aliphatic rings. The van der Waals surface area contributed by atoms with Crippen LogP contribution in [0.5, 0.6) is 11.5 Å². The van der Waals surface area contributed by atoms with Crippen molar-refractivity contribution < 1.29 is 22.3 Å². The summed E-state index contributed by atoms with van der Waals surface area (Å²) in [5.74, 6) is 0.950. The van der Waals surface area contributed by atoms with Crippen LogP contribution in [0.4, 0.5) is 10.1 Å². The maximum Gasteiger partial charge on any atom is 0.261 e. The van der Waals surface area contributed by atoms with Crippen LogP contribution in [0.15, 0.2) is 65.6 Å². The van der Waals surface area contributed by atoms with Crippen LogP contribution in [0.25, 0.3) is 11.1 Å². The van der Waals surface area contributed by atoms with Gasteiger partial charge in [-0.05, 0) is 47.9 Å². The number of rotatable bonds is 7. The molecule has 0 bridgehead atoms. The Kier molecular flexibility index (Phi) is 6.31. The van der Waals surface area contributed by atoms with Crippen molar-refractivity contribution in [1.29, 1.82) is 0 Å². The molecule has 5 nitrogen and oxygen atoms in total. The van der Waals surface area contributed by atoms with Crippen molar-refractivity contribution in [3.63, 3.8) is 0 Å². The highest BCUT2D eigenvalue weighted by Gasteiger charge is 2.20. The zero-order chi connectivity index (χ0) is 21.9. The molecule has 1 N–H and O–H groups in total. The number of methoxy groups -OCH3 is 2. The molecule has 0 saturated carbocycles. The number of anilines is 1. The van der Waals surface area contributed by atoms with Gasteiger partial charge in [0.05, 0.1) is 24.8 Å². The molecular formula is C23H24FNO4S. The van der Waals surface area contributed by atoms with Crippen molar-refractivity contribution in [2.24, 2.45) is 0 Å². The monoisotopic (exact) mass is 429 g/mol. The lowest BCUT2D eigenvalue weighted by atomic mass is 9.94. The SMILES string of the molecule is COc1cc(OC)c(C(C)C)cc1-c1ccccc1NS(=O)(=O)c1ccc(F)cc1. The minimum absolute atomic E-state index is 0.0248. The number of sulfonamides is 1. The van der Waals surface area contributed by atoms with Crippen LogP contribution in [0, 0.1) is 5.82 Å². The van der Waals surface area contributed by atoms with Gasteiger partial charge >= 0.3 is 0 Å². The Morgan fingerprint density at radius 3 is 2.10 bits per heavy atom. The molecule has 3 aromatic rings. The van der Waals surface area contributed by atoms with Gasteiger partial charge in [0.15, 0.2) is 0 Å². The second-order valence-electron chi connectivity index (χ2n) is 7.05. The third-order valence-electron chi connectivity index (χ3n) is 4.76. The molecule has 0 unspecified atom stereocenters. The van der Waals surface area contributed by atoms with Crippen molar-refractivity contribution in [3.8, 4) is 22.6 Å². The number of nitrogens with one attached hydrogen (secondary N) is 1. The second kappa shape index (κ2) is 8.75. The molecule has 0 heterocycles. The van der Waals surface area contributed by atoms with E-state index in [0.717, 1.165) is 23.3 Å². The molecule has 0 fully saturated rings. The molecule has 0 amide bonds. The van der Waals surface area contributed by atoms with E-state index in [0.29, 0.717) is 22.7 Å². The molecule has 3 rings (SSSR count). The van der Waals surface area contributed by atoms with Gasteiger partial charge in [-0.1, -0.05) is 32.0 Å². The first-order valence-electron chi connectivity index (χ1n) is 9.40. The van der Waals surface area contributed by atoms with Crippen LogP contribution < -0.4 is 14.2 Å². The quantitative estimate of drug-likeness (QED) is 0.544. The van der Waals surface area contributed by atoms with Crippen LogP contribution in [0.1, 0.15) is 25.3 Å². The molecule has 0 spiro atoms. The minimum Gasteiger partial charge on any atom is -0.496 e. The van der Waals surface area contributed by atoms with Gasteiger partial charge in [-0.15, -0.1) is 0 Å². The molecule has 0 aliphatic heterocycles. The van der Waals surface area contributed by atoms with E-state index in [-0.39, 0.29) is 10.8 Å². The zero-order valence-electron chi connectivity index (χ0n) is 17.3. The summed E-state index contributed by atoms with van der Waals surface area (Å²) >= 11 is 0. The highest BCUT2D eigenvalue weighted by Crippen LogP contribution is 2.41. The van der Waals surface area contributed by atoms with Gasteiger partial charge < -0.3 is 9.47 Å². The van der Waals surface area contributed by atoms with E-state index in [1.807, 2.05) is 18.2 Å². The zero-order valence-corrected chi connectivity index (χ0v) is 18.1. The molecule has 0 radical (unpaired) electrons. The Labute approximate surface area is 176 Å². The summed E-state index contributed by atoms with van der Waals surface area (Å²) in [6.07, 6.45) is 0. The highest BCUT2D eigenvalue weighted by molar-refractivity contribution is 7.92. The lowest BCUT2D eigenvalue weighted by molar-refractivity contribution is 0.390. The number of hydrogen-bond donors (Lipinski definition) is 1. The number of benzene rings is 3. The van der Waals surface area contributed by atoms with Crippen LogP contribution in [-0.4, -0.2) is 22.6 Å². The molecule has 0 aliphatic carbocycles. The fourth-order valence-corrected chi connectivity index (χ4v) is 4.29. The van der Waals surface area contributed by atoms with Crippen molar-refractivity contribution in [2.75, 3.05) is 18.9 Å². The largest absolute Gasteiger partial charge is 0.496 e. The van der Waals surface area contributed by atoms with Crippen LogP contribution >= 0.6 is 0 Å². The van der Waals surface area contributed by atoms with Gasteiger partial charge in [-0.25, -0.2) is 12.8 Å². The number of halogens is 1. The summed E-state index contributed by atoms with van der Waals surface area (Å²) in [6.45, 7) is 4.11. The van der Waals surface area contributed by atoms with Crippen molar-refractivity contribution in [3.05, 3.63) is 72.0 Å². The highest BCUT2D eigenvalue weighted by atomic mass is 32.2. The maximum atomic E-state index is 13.2. The maximum absolute atomic E-state index is 13.2. The van der Waals surface area contributed by atoms with Crippen LogP contribution in [0.2, 0.25) is 0 Å². The predicted molar refractivity (Wildman–Crippen MR) is 116 cm³/mol. The summed E-state index contributed by atoms with van der Waals surface area (Å²) in [7, 11) is -0.745. The second-order valence-corrected chi connectivity index (χ2v) is 8.74. The summed E-state index contributed by atoms with van der Waals surface area (Å²) in [4.78, 5) is -0.0248. The Hall–Kier alpha value is -3.06. The van der Waals surface area contributed by atoms with Gasteiger partial charge in [0.25, 0.3) is 10.0 Å². The minimum atomic E-state index is -3.90. The molecule has 0 atom stereocenters. The number of hydrogen-bond acceptors (Lipinski definition) is 4. The predicted octanol–water partition coefficient (Wildman–Crippen LogP) is 5.43. The summed E-state index contributed by atoms with van der Waals surface area (Å²) < 4.78 is 52.5. The van der Waals surface area contributed by atoms with Gasteiger partial charge in [-0.2, -0.15) is 0 Å². The lowest BCUT2D eigenvalue weighted by Crippen LogP contribution is -2.13. The normalized spacial score (nSPS) is 11.4. The molecule has 3 aromatic carbocycles. The molecule has 30 heavy (non-hydrogen) atoms. The van der Waals surface area contributed by atoms with E-state index in [1.54, 1.807) is 32.4 Å². The van der Waals surface area contributed by atoms with Crippen molar-refractivity contribution in [1.82, 2.24) is 0 Å². The Morgan fingerprint density at radius 1 is 0.867 bits per heavy atom. The van der Waals surface area contributed by atoms with Gasteiger partial charge in [-0.3, -0.25) is 4.72 Å². The van der Waals surface area contributed by atoms with Gasteiger partial charge in [0, 0.05) is 17.2 Å². The Balaban J connectivity index is 2.12. The van der Waals surface area contributed by atoms with Crippen molar-refractivity contribution >= 4 is 15.7 Å². The summed E-state index contributed by atoms with van der Waals surface area (Å²) in [6, 6.07) is 15.5. The van der Waals surface area contributed by atoms with Gasteiger partial charge in [0.1, 0.15) is 17.3 Å². The average Bonchev–Trinajstić information content (AvgIpc) is 2.73. The first-order valence-corrected chi connectivity index (χ1v) is 10.9. The molecule has 158 valence electrons. The molecular weight excluding hydrogens is 405 g/mol. The third kappa shape index (κ3) is 4.41. The fraction of sp³-hybridized carbons (Fsp3) is 0.217. The standard InChI is InChI=1S/C23H24FNO4S/c1-15(2)19-13-20(23(29-4)14-22(19)28-3)18-7-5-6-8-21(18)25-30(26,27)17-11-9-16(24)10-12-17/h5-15,25H,1-4H3. The molecule has 0 saturated heterocycles. The lowest BCUT2D eigenvalue weighted by Gasteiger charge is -2.19. The first-order chi connectivity index (χ1) is 14.3. The average molecular weight is 430 g/mol. The van der Waals surface area contributed by atoms with E-state index in [4.69, 9.17) is 9.47 Å². The van der Waals surface area contributed by atoms with E-state index < -0.39 is 15.8 Å². The first kappa shape index (κ1) is 21.6.